The fraction of sp³-hybridized carbons (Fsp3) is 0.341. The number of nitrogens with one attached hydrogen (secondary N) is 4. The van der Waals surface area contributed by atoms with Gasteiger partial charge in [-0.25, -0.2) is 10.2 Å². The van der Waals surface area contributed by atoms with Gasteiger partial charge in [0.05, 0.1) is 0 Å². The van der Waals surface area contributed by atoms with Crippen LogP contribution >= 0.6 is 0 Å². The van der Waals surface area contributed by atoms with Crippen LogP contribution in [0.15, 0.2) is 84.9 Å². The lowest BCUT2D eigenvalue weighted by Crippen LogP contribution is -2.54. The summed E-state index contributed by atoms with van der Waals surface area (Å²) in [5, 5.41) is 19.2. The number of unbranched alkanes of at least 4 members (excludes halogenated alkanes) is 1. The maximum atomic E-state index is 14.3. The number of aryl methyl sites for hydroxylation is 1. The first-order valence-electron chi connectivity index (χ1n) is 19.8. The van der Waals surface area contributed by atoms with Gasteiger partial charge in [0.2, 0.25) is 11.8 Å². The topological polar surface area (TPSA) is 227 Å². The van der Waals surface area contributed by atoms with Crippen LogP contribution in [0.5, 0.6) is 11.5 Å². The van der Waals surface area contributed by atoms with E-state index in [-0.39, 0.29) is 39.3 Å². The highest BCUT2D eigenvalue weighted by molar-refractivity contribution is 6.00. The molecule has 2 heterocycles. The molecule has 310 valence electrons. The summed E-state index contributed by atoms with van der Waals surface area (Å²) in [5.74, 6) is -3.04. The Labute approximate surface area is 342 Å². The van der Waals surface area contributed by atoms with E-state index in [2.05, 4.69) is 52.6 Å². The van der Waals surface area contributed by atoms with Crippen molar-refractivity contribution in [3.8, 4) is 33.8 Å². The SMILES string of the molecule is CCCCc1ccc(-c2ccc(C(=O)N[C@H]3CNN([C@@H]4C(=O)N[C@@H](C)C(=O)N[C@H](C(=O)O)Cc5ccc(OCCN)c(c5)-c5cc4ccc5OCCN)C3=O)cc2)cc1. The number of hydrogen-bond donors (Lipinski definition) is 7. The summed E-state index contributed by atoms with van der Waals surface area (Å²) in [6.45, 7) is 4.29. The molecule has 15 nitrogen and oxygen atoms in total. The molecular formula is C44H51N7O8. The van der Waals surface area contributed by atoms with E-state index in [9.17, 15) is 29.1 Å². The Kier molecular flexibility index (Phi) is 13.9. The molecule has 0 aromatic heterocycles. The van der Waals surface area contributed by atoms with E-state index < -0.39 is 53.8 Å². The number of fused-ring (bicyclic) bond motifs is 5. The van der Waals surface area contributed by atoms with Crippen molar-refractivity contribution in [1.29, 1.82) is 0 Å². The van der Waals surface area contributed by atoms with E-state index in [4.69, 9.17) is 20.9 Å². The predicted octanol–water partition coefficient (Wildman–Crippen LogP) is 2.85. The smallest absolute Gasteiger partial charge is 0.326 e. The zero-order valence-electron chi connectivity index (χ0n) is 33.2. The molecule has 0 saturated carbocycles. The second-order valence-corrected chi connectivity index (χ2v) is 14.6. The second-order valence-electron chi connectivity index (χ2n) is 14.6. The van der Waals surface area contributed by atoms with Gasteiger partial charge in [-0.05, 0) is 84.0 Å². The predicted molar refractivity (Wildman–Crippen MR) is 221 cm³/mol. The zero-order chi connectivity index (χ0) is 42.1. The number of rotatable bonds is 14. The number of hydrogen-bond acceptors (Lipinski definition) is 10. The van der Waals surface area contributed by atoms with Gasteiger partial charge in [0, 0.05) is 42.7 Å². The minimum atomic E-state index is -1.37. The van der Waals surface area contributed by atoms with Crippen LogP contribution in [-0.2, 0) is 32.0 Å². The number of amides is 4. The molecule has 1 saturated heterocycles. The molecule has 4 atom stereocenters. The summed E-state index contributed by atoms with van der Waals surface area (Å²) < 4.78 is 12.0. The van der Waals surface area contributed by atoms with Crippen molar-refractivity contribution in [3.05, 3.63) is 107 Å². The Morgan fingerprint density at radius 1 is 0.831 bits per heavy atom. The highest BCUT2D eigenvalue weighted by Crippen LogP contribution is 2.40. The van der Waals surface area contributed by atoms with Crippen LogP contribution in [0.3, 0.4) is 0 Å². The summed E-state index contributed by atoms with van der Waals surface area (Å²) >= 11 is 0. The van der Waals surface area contributed by atoms with Gasteiger partial charge in [-0.15, -0.1) is 0 Å². The van der Waals surface area contributed by atoms with Gasteiger partial charge >= 0.3 is 5.97 Å². The molecule has 1 fully saturated rings. The van der Waals surface area contributed by atoms with Gasteiger partial charge in [0.1, 0.15) is 42.8 Å². The summed E-state index contributed by atoms with van der Waals surface area (Å²) in [4.78, 5) is 67.6. The van der Waals surface area contributed by atoms with E-state index in [0.717, 1.165) is 35.4 Å². The number of carbonyl (C=O) groups excluding carboxylic acids is 4. The first-order valence-corrected chi connectivity index (χ1v) is 19.8. The second kappa shape index (κ2) is 19.4. The molecule has 0 spiro atoms. The van der Waals surface area contributed by atoms with Crippen LogP contribution in [0.4, 0.5) is 0 Å². The first kappa shape index (κ1) is 42.3. The average molecular weight is 806 g/mol. The fourth-order valence-electron chi connectivity index (χ4n) is 7.09. The third kappa shape index (κ3) is 10.1. The number of hydrazine groups is 1. The van der Waals surface area contributed by atoms with Crippen LogP contribution in [-0.4, -0.2) is 90.7 Å². The van der Waals surface area contributed by atoms with Gasteiger partial charge in [-0.3, -0.25) is 24.2 Å². The lowest BCUT2D eigenvalue weighted by atomic mass is 9.94. The summed E-state index contributed by atoms with van der Waals surface area (Å²) in [6.07, 6.45) is 3.20. The molecule has 4 aromatic carbocycles. The minimum absolute atomic E-state index is 0.0309. The monoisotopic (exact) mass is 805 g/mol. The number of nitrogens with zero attached hydrogens (tertiary/aromatic N) is 1. The van der Waals surface area contributed by atoms with Crippen molar-refractivity contribution in [2.45, 2.75) is 63.7 Å². The zero-order valence-corrected chi connectivity index (χ0v) is 33.2. The quantitative estimate of drug-likeness (QED) is 0.0981. The summed E-state index contributed by atoms with van der Waals surface area (Å²) in [6, 6.07) is 20.6. The van der Waals surface area contributed by atoms with Gasteiger partial charge in [0.15, 0.2) is 6.04 Å². The van der Waals surface area contributed by atoms with Gasteiger partial charge in [-0.1, -0.05) is 61.9 Å². The van der Waals surface area contributed by atoms with Crippen molar-refractivity contribution in [2.75, 3.05) is 32.8 Å². The molecule has 0 aliphatic carbocycles. The maximum Gasteiger partial charge on any atom is 0.326 e. The molecule has 4 amide bonds. The fourth-order valence-corrected chi connectivity index (χ4v) is 7.09. The molecule has 2 aliphatic rings. The molecular weight excluding hydrogens is 755 g/mol. The highest BCUT2D eigenvalue weighted by Gasteiger charge is 2.42. The van der Waals surface area contributed by atoms with Crippen LogP contribution < -0.4 is 42.3 Å². The van der Waals surface area contributed by atoms with Crippen LogP contribution in [0.2, 0.25) is 0 Å². The molecule has 2 aliphatic heterocycles. The number of nitrogens with two attached hydrogens (primary N) is 2. The minimum Gasteiger partial charge on any atom is -0.492 e. The van der Waals surface area contributed by atoms with Crippen molar-refractivity contribution < 1.29 is 38.6 Å². The molecule has 6 rings (SSSR count). The number of ether oxygens (including phenoxy) is 2. The molecule has 0 unspecified atom stereocenters. The van der Waals surface area contributed by atoms with Gasteiger partial charge in [0.25, 0.3) is 11.8 Å². The number of carboxylic acids is 1. The van der Waals surface area contributed by atoms with Crippen LogP contribution in [0, 0.1) is 0 Å². The Hall–Kier alpha value is -6.29. The Bertz CT molecular complexity index is 2160. The van der Waals surface area contributed by atoms with E-state index in [1.54, 1.807) is 48.5 Å². The van der Waals surface area contributed by atoms with Crippen LogP contribution in [0.1, 0.15) is 59.8 Å². The Morgan fingerprint density at radius 2 is 1.46 bits per heavy atom. The van der Waals surface area contributed by atoms with E-state index in [1.165, 1.54) is 12.5 Å². The highest BCUT2D eigenvalue weighted by atomic mass is 16.5. The third-order valence-electron chi connectivity index (χ3n) is 10.3. The van der Waals surface area contributed by atoms with Crippen molar-refractivity contribution in [3.63, 3.8) is 0 Å². The molecule has 4 bridgehead atoms. The number of aliphatic carboxylic acids is 1. The molecule has 59 heavy (non-hydrogen) atoms. The lowest BCUT2D eigenvalue weighted by Gasteiger charge is -2.29. The van der Waals surface area contributed by atoms with Crippen molar-refractivity contribution >= 4 is 29.6 Å². The molecule has 0 radical (unpaired) electrons. The first-order chi connectivity index (χ1) is 28.5. The lowest BCUT2D eigenvalue weighted by molar-refractivity contribution is -0.143. The van der Waals surface area contributed by atoms with Crippen LogP contribution in [0.25, 0.3) is 22.3 Å². The van der Waals surface area contributed by atoms with Crippen molar-refractivity contribution in [1.82, 2.24) is 26.4 Å². The largest absolute Gasteiger partial charge is 0.492 e. The number of carbonyl (C=O) groups is 5. The van der Waals surface area contributed by atoms with Gasteiger partial charge < -0.3 is 42.0 Å². The van der Waals surface area contributed by atoms with E-state index in [0.29, 0.717) is 39.3 Å². The standard InChI is InChI=1S/C44H51N7O8/c1-3-4-5-27-6-9-29(10-7-27)30-11-13-31(14-12-30)41(53)50-36-25-47-51(43(36)55)39-32-15-17-38(59-21-19-46)34(24-32)33-22-28(8-16-37(33)58-20-18-45)23-35(44(56)57)49-40(52)26(2)48-42(39)54/h6-17,22,24,26,35-36,39,47H,3-5,18-21,23,25,45-46H2,1-2H3,(H,48,54)(H,49,52)(H,50,53)(H,56,57)/t26-,35-,36-,39-/m0/s1. The van der Waals surface area contributed by atoms with E-state index in [1.807, 2.05) is 12.1 Å². The molecule has 9 N–H and O–H groups in total. The Morgan fingerprint density at radius 3 is 2.08 bits per heavy atom. The molecule has 15 heteroatoms. The summed E-state index contributed by atoms with van der Waals surface area (Å²) in [7, 11) is 0. The maximum absolute atomic E-state index is 14.3. The Balaban J connectivity index is 1.31. The summed E-state index contributed by atoms with van der Waals surface area (Å²) in [5.41, 5.74) is 20.0. The number of carboxylic acid groups (broad SMARTS) is 1. The van der Waals surface area contributed by atoms with Gasteiger partial charge in [-0.2, -0.15) is 0 Å². The number of benzene rings is 4. The normalized spacial score (nSPS) is 19.3. The average Bonchev–Trinajstić information content (AvgIpc) is 3.59. The van der Waals surface area contributed by atoms with E-state index >= 15 is 0 Å². The third-order valence-corrected chi connectivity index (χ3v) is 10.3. The molecule has 4 aromatic rings. The van der Waals surface area contributed by atoms with Crippen molar-refractivity contribution in [2.24, 2.45) is 11.5 Å².